The molecule has 0 aliphatic carbocycles. The first-order valence-electron chi connectivity index (χ1n) is 9.47. The van der Waals surface area contributed by atoms with E-state index in [2.05, 4.69) is 32.5 Å². The van der Waals surface area contributed by atoms with Gasteiger partial charge >= 0.3 is 0 Å². The van der Waals surface area contributed by atoms with E-state index in [-0.39, 0.29) is 0 Å². The normalized spacial score (nSPS) is 11.8. The molecule has 0 saturated carbocycles. The van der Waals surface area contributed by atoms with Crippen molar-refractivity contribution in [3.05, 3.63) is 11.8 Å². The Morgan fingerprint density at radius 3 is 1.40 bits per heavy atom. The minimum absolute atomic E-state index is 0.532. The van der Waals surface area contributed by atoms with Crippen LogP contribution in [0, 0.1) is 0 Å². The smallest absolute Gasteiger partial charge is 0.0610 e. The molecule has 0 amide bonds. The highest BCUT2D eigenvalue weighted by atomic mass is 28.3. The van der Waals surface area contributed by atoms with Gasteiger partial charge in [-0.1, -0.05) is 109 Å². The van der Waals surface area contributed by atoms with Gasteiger partial charge in [-0.25, -0.2) is 0 Å². The summed E-state index contributed by atoms with van der Waals surface area (Å²) in [6, 6.07) is 3.12. The zero-order chi connectivity index (χ0) is 14.9. The van der Waals surface area contributed by atoms with Crippen molar-refractivity contribution in [3.8, 4) is 0 Å². The highest BCUT2D eigenvalue weighted by Crippen LogP contribution is 2.15. The Morgan fingerprint density at radius 1 is 0.600 bits per heavy atom. The van der Waals surface area contributed by atoms with E-state index in [4.69, 9.17) is 0 Å². The monoisotopic (exact) mass is 296 g/mol. The molecule has 0 spiro atoms. The third-order valence-electron chi connectivity index (χ3n) is 4.32. The fourth-order valence-electron chi connectivity index (χ4n) is 2.98. The minimum atomic E-state index is -0.532. The van der Waals surface area contributed by atoms with Crippen LogP contribution in [-0.4, -0.2) is 8.80 Å². The predicted octanol–water partition coefficient (Wildman–Crippen LogP) is 7.05. The molecule has 0 aromatic heterocycles. The van der Waals surface area contributed by atoms with Crippen LogP contribution in [-0.2, 0) is 0 Å². The summed E-state index contributed by atoms with van der Waals surface area (Å²) in [5, 5.41) is 0. The molecule has 0 aliphatic heterocycles. The third kappa shape index (κ3) is 14.4. The van der Waals surface area contributed by atoms with Crippen molar-refractivity contribution in [3.63, 3.8) is 0 Å². The largest absolute Gasteiger partial charge is 0.102 e. The topological polar surface area (TPSA) is 0 Å². The van der Waals surface area contributed by atoms with Crippen molar-refractivity contribution in [2.75, 3.05) is 0 Å². The van der Waals surface area contributed by atoms with Crippen LogP contribution in [0.4, 0.5) is 0 Å². The predicted molar refractivity (Wildman–Crippen MR) is 98.3 cm³/mol. The van der Waals surface area contributed by atoms with Crippen LogP contribution in [0.3, 0.4) is 0 Å². The molecule has 0 rings (SSSR count). The zero-order valence-corrected chi connectivity index (χ0v) is 15.8. The van der Waals surface area contributed by atoms with Crippen LogP contribution in [0.2, 0.25) is 12.1 Å². The van der Waals surface area contributed by atoms with Gasteiger partial charge < -0.3 is 0 Å². The molecule has 0 fully saturated rings. The van der Waals surface area contributed by atoms with Crippen LogP contribution >= 0.6 is 0 Å². The molecule has 1 heteroatoms. The van der Waals surface area contributed by atoms with Gasteiger partial charge in [0.15, 0.2) is 0 Å². The van der Waals surface area contributed by atoms with Gasteiger partial charge in [-0.05, 0) is 6.92 Å². The fraction of sp³-hybridized carbons (Fsp3) is 0.895. The van der Waals surface area contributed by atoms with E-state index in [1.165, 1.54) is 77.0 Å². The number of hydrogen-bond acceptors (Lipinski definition) is 0. The second-order valence-corrected chi connectivity index (χ2v) is 9.46. The maximum absolute atomic E-state index is 2.60. The van der Waals surface area contributed by atoms with Gasteiger partial charge in [-0.3, -0.25) is 0 Å². The highest BCUT2D eigenvalue weighted by Gasteiger charge is 2.06. The van der Waals surface area contributed by atoms with Gasteiger partial charge in [0.2, 0.25) is 0 Å². The average molecular weight is 297 g/mol. The standard InChI is InChI=1S/C19H40Si/c1-4-7-9-11-13-15-18-20(17-6-3)19-16-14-12-10-8-5-2/h6,17,20H,4-5,7-16,18-19H2,1-3H3. The zero-order valence-electron chi connectivity index (χ0n) is 14.6. The molecule has 0 N–H and O–H groups in total. The van der Waals surface area contributed by atoms with Gasteiger partial charge in [-0.2, -0.15) is 0 Å². The van der Waals surface area contributed by atoms with E-state index in [0.717, 1.165) is 0 Å². The lowest BCUT2D eigenvalue weighted by molar-refractivity contribution is 0.617. The van der Waals surface area contributed by atoms with Crippen LogP contribution < -0.4 is 0 Å². The van der Waals surface area contributed by atoms with Crippen LogP contribution in [0.15, 0.2) is 11.8 Å². The summed E-state index contributed by atoms with van der Waals surface area (Å²) in [4.78, 5) is 0. The molecule has 20 heavy (non-hydrogen) atoms. The molecule has 0 bridgehead atoms. The van der Waals surface area contributed by atoms with Crippen molar-refractivity contribution >= 4 is 8.80 Å². The van der Waals surface area contributed by atoms with Gasteiger partial charge in [0.25, 0.3) is 0 Å². The quantitative estimate of drug-likeness (QED) is 0.224. The van der Waals surface area contributed by atoms with E-state index in [1.54, 1.807) is 12.1 Å². The molecule has 0 radical (unpaired) electrons. The van der Waals surface area contributed by atoms with E-state index >= 15 is 0 Å². The molecule has 120 valence electrons. The second kappa shape index (κ2) is 17.0. The summed E-state index contributed by atoms with van der Waals surface area (Å²) in [5.41, 5.74) is 2.60. The Labute approximate surface area is 131 Å². The Bertz CT molecular complexity index is 182. The summed E-state index contributed by atoms with van der Waals surface area (Å²) >= 11 is 0. The third-order valence-corrected chi connectivity index (χ3v) is 7.55. The minimum Gasteiger partial charge on any atom is -0.102 e. The SMILES string of the molecule is CC=C[SiH](CCCCCCCC)CCCCCCCC. The number of unbranched alkanes of at least 4 members (excludes halogenated alkanes) is 10. The summed E-state index contributed by atoms with van der Waals surface area (Å²) in [7, 11) is -0.532. The first-order valence-corrected chi connectivity index (χ1v) is 11.8. The summed E-state index contributed by atoms with van der Waals surface area (Å²) in [6.07, 6.45) is 19.8. The molecule has 0 heterocycles. The maximum Gasteiger partial charge on any atom is 0.0610 e. The van der Waals surface area contributed by atoms with E-state index in [0.29, 0.717) is 0 Å². The maximum atomic E-state index is 2.60. The Hall–Kier alpha value is -0.0431. The lowest BCUT2D eigenvalue weighted by Gasteiger charge is -2.11. The van der Waals surface area contributed by atoms with Crippen LogP contribution in [0.1, 0.15) is 97.8 Å². The van der Waals surface area contributed by atoms with Gasteiger partial charge in [0.1, 0.15) is 0 Å². The lowest BCUT2D eigenvalue weighted by atomic mass is 10.1. The second-order valence-electron chi connectivity index (χ2n) is 6.40. The van der Waals surface area contributed by atoms with E-state index in [1.807, 2.05) is 0 Å². The number of hydrogen-bond donors (Lipinski definition) is 0. The van der Waals surface area contributed by atoms with E-state index < -0.39 is 8.80 Å². The van der Waals surface area contributed by atoms with Crippen molar-refractivity contribution < 1.29 is 0 Å². The molecule has 0 nitrogen and oxygen atoms in total. The van der Waals surface area contributed by atoms with Crippen LogP contribution in [0.25, 0.3) is 0 Å². The fourth-order valence-corrected chi connectivity index (χ4v) is 5.83. The molecule has 0 aromatic carbocycles. The van der Waals surface area contributed by atoms with Crippen LogP contribution in [0.5, 0.6) is 0 Å². The summed E-state index contributed by atoms with van der Waals surface area (Å²) in [6.45, 7) is 6.81. The van der Waals surface area contributed by atoms with Crippen molar-refractivity contribution in [1.29, 1.82) is 0 Å². The Morgan fingerprint density at radius 2 is 1.00 bits per heavy atom. The van der Waals surface area contributed by atoms with Gasteiger partial charge in [0.05, 0.1) is 8.80 Å². The van der Waals surface area contributed by atoms with Gasteiger partial charge in [0, 0.05) is 0 Å². The molecule has 0 aliphatic rings. The molecule has 0 saturated heterocycles. The molecule has 0 atom stereocenters. The summed E-state index contributed by atoms with van der Waals surface area (Å²) < 4.78 is 0. The Balaban J connectivity index is 3.50. The lowest BCUT2D eigenvalue weighted by Crippen LogP contribution is -2.08. The molecular formula is C19H40Si. The number of rotatable bonds is 15. The first-order chi connectivity index (χ1) is 9.85. The Kier molecular flexibility index (Phi) is 17.0. The average Bonchev–Trinajstić information content (AvgIpc) is 2.46. The van der Waals surface area contributed by atoms with Crippen molar-refractivity contribution in [1.82, 2.24) is 0 Å². The highest BCUT2D eigenvalue weighted by molar-refractivity contribution is 6.64. The molecule has 0 aromatic rings. The first kappa shape index (κ1) is 20.0. The number of allylic oxidation sites excluding steroid dienone is 1. The molecular weight excluding hydrogens is 256 g/mol. The summed E-state index contributed by atoms with van der Waals surface area (Å²) in [5.74, 6) is 0. The molecule has 0 unspecified atom stereocenters. The van der Waals surface area contributed by atoms with E-state index in [9.17, 15) is 0 Å². The van der Waals surface area contributed by atoms with Crippen molar-refractivity contribution in [2.45, 2.75) is 110 Å². The van der Waals surface area contributed by atoms with Gasteiger partial charge in [-0.15, -0.1) is 5.70 Å². The van der Waals surface area contributed by atoms with Crippen molar-refractivity contribution in [2.24, 2.45) is 0 Å².